The number of hydrogen-bond acceptors (Lipinski definition) is 5. The lowest BCUT2D eigenvalue weighted by molar-refractivity contribution is -0.385. The van der Waals surface area contributed by atoms with Crippen LogP contribution in [0.2, 0.25) is 5.02 Å². The van der Waals surface area contributed by atoms with Crippen molar-refractivity contribution in [3.8, 4) is 0 Å². The number of halogens is 2. The smallest absolute Gasteiger partial charge is 0.345 e. The monoisotopic (exact) mass is 366 g/mol. The van der Waals surface area contributed by atoms with Gasteiger partial charge < -0.3 is 10.1 Å². The predicted octanol–water partition coefficient (Wildman–Crippen LogP) is 3.57. The van der Waals surface area contributed by atoms with Crippen molar-refractivity contribution < 1.29 is 23.6 Å². The van der Waals surface area contributed by atoms with Crippen molar-refractivity contribution in [2.24, 2.45) is 0 Å². The van der Waals surface area contributed by atoms with Crippen molar-refractivity contribution in [1.82, 2.24) is 0 Å². The minimum absolute atomic E-state index is 0.0795. The number of nitro groups is 1. The first-order valence-electron chi connectivity index (χ1n) is 7.00. The molecular weight excluding hydrogens is 355 g/mol. The minimum atomic E-state index is -1.31. The number of carbonyl (C=O) groups excluding carboxylic acids is 2. The molecule has 0 spiro atoms. The number of rotatable bonds is 5. The highest BCUT2D eigenvalue weighted by Gasteiger charge is 2.26. The largest absolute Gasteiger partial charge is 0.449 e. The summed E-state index contributed by atoms with van der Waals surface area (Å²) < 4.78 is 18.4. The predicted molar refractivity (Wildman–Crippen MR) is 88.0 cm³/mol. The number of benzene rings is 2. The number of nitrogens with zero attached hydrogens (tertiary/aromatic N) is 1. The van der Waals surface area contributed by atoms with E-state index in [-0.39, 0.29) is 16.3 Å². The van der Waals surface area contributed by atoms with Crippen LogP contribution >= 0.6 is 11.6 Å². The molecule has 0 saturated heterocycles. The summed E-state index contributed by atoms with van der Waals surface area (Å²) in [6.07, 6.45) is -1.31. The third kappa shape index (κ3) is 4.51. The third-order valence-electron chi connectivity index (χ3n) is 3.16. The van der Waals surface area contributed by atoms with Crippen LogP contribution in [0.15, 0.2) is 42.5 Å². The third-order valence-corrected chi connectivity index (χ3v) is 3.40. The van der Waals surface area contributed by atoms with E-state index in [0.717, 1.165) is 18.2 Å². The highest BCUT2D eigenvalue weighted by Crippen LogP contribution is 2.24. The van der Waals surface area contributed by atoms with Gasteiger partial charge in [-0.05, 0) is 31.2 Å². The van der Waals surface area contributed by atoms with Crippen LogP contribution in [0, 0.1) is 15.9 Å². The Morgan fingerprint density at radius 1 is 1.28 bits per heavy atom. The molecule has 0 fully saturated rings. The quantitative estimate of drug-likeness (QED) is 0.495. The lowest BCUT2D eigenvalue weighted by Gasteiger charge is -2.14. The Morgan fingerprint density at radius 2 is 1.96 bits per heavy atom. The van der Waals surface area contributed by atoms with Crippen molar-refractivity contribution in [2.45, 2.75) is 13.0 Å². The standard InChI is InChI=1S/C16H12ClFN2O5/c1-9(15(21)19-13-5-3-2-4-12(13)18)25-16(22)11-8-10(17)6-7-14(11)20(23)24/h2-9H,1H3,(H,19,21). The van der Waals surface area contributed by atoms with E-state index < -0.39 is 34.4 Å². The molecule has 1 N–H and O–H groups in total. The highest BCUT2D eigenvalue weighted by molar-refractivity contribution is 6.31. The maximum atomic E-state index is 13.5. The van der Waals surface area contributed by atoms with E-state index in [1.165, 1.54) is 31.2 Å². The first kappa shape index (κ1) is 18.3. The Morgan fingerprint density at radius 3 is 2.60 bits per heavy atom. The van der Waals surface area contributed by atoms with Crippen LogP contribution in [0.25, 0.3) is 0 Å². The molecule has 0 saturated carbocycles. The van der Waals surface area contributed by atoms with Gasteiger partial charge in [0, 0.05) is 11.1 Å². The van der Waals surface area contributed by atoms with Gasteiger partial charge in [0.2, 0.25) is 0 Å². The normalized spacial score (nSPS) is 11.5. The number of anilines is 1. The van der Waals surface area contributed by atoms with Crippen molar-refractivity contribution in [2.75, 3.05) is 5.32 Å². The van der Waals surface area contributed by atoms with E-state index >= 15 is 0 Å². The van der Waals surface area contributed by atoms with Crippen molar-refractivity contribution in [3.63, 3.8) is 0 Å². The molecule has 2 aromatic carbocycles. The molecule has 2 aromatic rings. The van der Waals surface area contributed by atoms with Gasteiger partial charge in [0.05, 0.1) is 10.6 Å². The molecule has 1 atom stereocenters. The fraction of sp³-hybridized carbons (Fsp3) is 0.125. The van der Waals surface area contributed by atoms with Crippen molar-refractivity contribution in [3.05, 3.63) is 69.0 Å². The van der Waals surface area contributed by atoms with Gasteiger partial charge in [-0.25, -0.2) is 9.18 Å². The van der Waals surface area contributed by atoms with Crippen LogP contribution in [-0.4, -0.2) is 22.9 Å². The summed E-state index contributed by atoms with van der Waals surface area (Å²) in [6, 6.07) is 8.85. The van der Waals surface area contributed by atoms with Crippen LogP contribution < -0.4 is 5.32 Å². The van der Waals surface area contributed by atoms with Gasteiger partial charge in [0.25, 0.3) is 11.6 Å². The number of carbonyl (C=O) groups is 2. The van der Waals surface area contributed by atoms with Gasteiger partial charge >= 0.3 is 5.97 Å². The SMILES string of the molecule is CC(OC(=O)c1cc(Cl)ccc1[N+](=O)[O-])C(=O)Nc1ccccc1F. The fourth-order valence-electron chi connectivity index (χ4n) is 1.91. The summed E-state index contributed by atoms with van der Waals surface area (Å²) >= 11 is 5.74. The number of ether oxygens (including phenoxy) is 1. The molecule has 130 valence electrons. The Hall–Kier alpha value is -3.00. The van der Waals surface area contributed by atoms with Crippen LogP contribution in [0.4, 0.5) is 15.8 Å². The van der Waals surface area contributed by atoms with Gasteiger partial charge in [0.1, 0.15) is 11.4 Å². The highest BCUT2D eigenvalue weighted by atomic mass is 35.5. The average Bonchev–Trinajstić information content (AvgIpc) is 2.56. The van der Waals surface area contributed by atoms with Crippen LogP contribution in [0.3, 0.4) is 0 Å². The molecule has 1 unspecified atom stereocenters. The molecule has 9 heteroatoms. The van der Waals surface area contributed by atoms with E-state index in [4.69, 9.17) is 16.3 Å². The number of nitro benzene ring substituents is 1. The summed E-state index contributed by atoms with van der Waals surface area (Å²) in [4.78, 5) is 34.3. The van der Waals surface area contributed by atoms with Gasteiger partial charge in [0.15, 0.2) is 6.10 Å². The van der Waals surface area contributed by atoms with Gasteiger partial charge in [-0.15, -0.1) is 0 Å². The molecule has 0 radical (unpaired) electrons. The molecule has 0 aromatic heterocycles. The molecule has 0 aliphatic heterocycles. The van der Waals surface area contributed by atoms with E-state index in [0.29, 0.717) is 0 Å². The summed E-state index contributed by atoms with van der Waals surface area (Å²) in [7, 11) is 0. The molecule has 0 heterocycles. The second-order valence-corrected chi connectivity index (χ2v) is 5.37. The van der Waals surface area contributed by atoms with Crippen LogP contribution in [-0.2, 0) is 9.53 Å². The van der Waals surface area contributed by atoms with Crippen LogP contribution in [0.5, 0.6) is 0 Å². The summed E-state index contributed by atoms with van der Waals surface area (Å²) in [5, 5.41) is 13.3. The molecule has 7 nitrogen and oxygen atoms in total. The summed E-state index contributed by atoms with van der Waals surface area (Å²) in [5.41, 5.74) is -0.969. The number of esters is 1. The molecule has 25 heavy (non-hydrogen) atoms. The molecule has 0 aliphatic rings. The van der Waals surface area contributed by atoms with Gasteiger partial charge in [-0.1, -0.05) is 23.7 Å². The number of nitrogens with one attached hydrogen (secondary N) is 1. The van der Waals surface area contributed by atoms with E-state index in [9.17, 15) is 24.1 Å². The average molecular weight is 367 g/mol. The zero-order valence-electron chi connectivity index (χ0n) is 12.9. The first-order chi connectivity index (χ1) is 11.8. The maximum Gasteiger partial charge on any atom is 0.345 e. The zero-order chi connectivity index (χ0) is 18.6. The molecule has 0 bridgehead atoms. The van der Waals surface area contributed by atoms with E-state index in [1.54, 1.807) is 0 Å². The first-order valence-corrected chi connectivity index (χ1v) is 7.37. The molecule has 0 aliphatic carbocycles. The lowest BCUT2D eigenvalue weighted by atomic mass is 10.2. The van der Waals surface area contributed by atoms with Gasteiger partial charge in [-0.3, -0.25) is 14.9 Å². The fourth-order valence-corrected chi connectivity index (χ4v) is 2.08. The Labute approximate surface area is 146 Å². The topological polar surface area (TPSA) is 98.5 Å². The molecular formula is C16H12ClFN2O5. The van der Waals surface area contributed by atoms with E-state index in [1.807, 2.05) is 0 Å². The number of amides is 1. The van der Waals surface area contributed by atoms with Crippen LogP contribution in [0.1, 0.15) is 17.3 Å². The Kier molecular flexibility index (Phi) is 5.66. The Bertz CT molecular complexity index is 843. The lowest BCUT2D eigenvalue weighted by Crippen LogP contribution is -2.30. The van der Waals surface area contributed by atoms with Crippen molar-refractivity contribution >= 4 is 34.9 Å². The maximum absolute atomic E-state index is 13.5. The second kappa shape index (κ2) is 7.71. The van der Waals surface area contributed by atoms with E-state index in [2.05, 4.69) is 5.32 Å². The number of para-hydroxylation sites is 1. The summed E-state index contributed by atoms with van der Waals surface area (Å²) in [6.45, 7) is 1.25. The van der Waals surface area contributed by atoms with Crippen molar-refractivity contribution in [1.29, 1.82) is 0 Å². The second-order valence-electron chi connectivity index (χ2n) is 4.94. The van der Waals surface area contributed by atoms with Gasteiger partial charge in [-0.2, -0.15) is 0 Å². The number of hydrogen-bond donors (Lipinski definition) is 1. The molecule has 2 rings (SSSR count). The zero-order valence-corrected chi connectivity index (χ0v) is 13.6. The Balaban J connectivity index is 2.12. The molecule has 1 amide bonds. The summed E-state index contributed by atoms with van der Waals surface area (Å²) in [5.74, 6) is -2.53. The minimum Gasteiger partial charge on any atom is -0.449 e.